The highest BCUT2D eigenvalue weighted by atomic mass is 16.5. The van der Waals surface area contributed by atoms with Crippen molar-refractivity contribution in [1.29, 1.82) is 0 Å². The van der Waals surface area contributed by atoms with Gasteiger partial charge in [0.25, 0.3) is 0 Å². The molecule has 2 rings (SSSR count). The maximum absolute atomic E-state index is 5.31. The molecule has 0 aliphatic carbocycles. The number of rotatable bonds is 5. The number of H-pyrrole nitrogens is 1. The molecule has 0 saturated carbocycles. The molecular weight excluding hydrogens is 242 g/mol. The van der Waals surface area contributed by atoms with Crippen LogP contribution in [0, 0.1) is 6.92 Å². The number of imidazole rings is 1. The van der Waals surface area contributed by atoms with E-state index in [1.54, 1.807) is 19.6 Å². The zero-order valence-corrected chi connectivity index (χ0v) is 11.7. The summed E-state index contributed by atoms with van der Waals surface area (Å²) < 4.78 is 5.31. The molecule has 19 heavy (non-hydrogen) atoms. The van der Waals surface area contributed by atoms with Crippen LogP contribution in [0.4, 0.5) is 11.4 Å². The molecule has 0 unspecified atom stereocenters. The second kappa shape index (κ2) is 5.60. The highest BCUT2D eigenvalue weighted by molar-refractivity contribution is 5.74. The number of nitrogens with one attached hydrogen (secondary N) is 2. The van der Waals surface area contributed by atoms with E-state index in [0.717, 1.165) is 22.8 Å². The maximum Gasteiger partial charge on any atom is 0.239 e. The Morgan fingerprint density at radius 2 is 2.16 bits per heavy atom. The smallest absolute Gasteiger partial charge is 0.239 e. The largest absolute Gasteiger partial charge is 0.479 e. The molecule has 0 spiro atoms. The standard InChI is InChI=1S/C13H19N5O/c1-9-10(17-8-16-9)7-15-12-11(18(2)3)5-6-14-13(12)19-4/h5-6,8,15H,7H2,1-4H3,(H,16,17). The zero-order chi connectivity index (χ0) is 13.8. The van der Waals surface area contributed by atoms with Crippen LogP contribution in [0.15, 0.2) is 18.6 Å². The number of ether oxygens (including phenoxy) is 1. The van der Waals surface area contributed by atoms with Crippen molar-refractivity contribution in [2.75, 3.05) is 31.4 Å². The van der Waals surface area contributed by atoms with Gasteiger partial charge in [-0.25, -0.2) is 9.97 Å². The summed E-state index contributed by atoms with van der Waals surface area (Å²) in [4.78, 5) is 13.6. The van der Waals surface area contributed by atoms with Crippen molar-refractivity contribution in [3.63, 3.8) is 0 Å². The van der Waals surface area contributed by atoms with Gasteiger partial charge in [-0.3, -0.25) is 0 Å². The van der Waals surface area contributed by atoms with Crippen molar-refractivity contribution < 1.29 is 4.74 Å². The summed E-state index contributed by atoms with van der Waals surface area (Å²) in [7, 11) is 5.59. The minimum Gasteiger partial charge on any atom is -0.479 e. The third kappa shape index (κ3) is 2.78. The van der Waals surface area contributed by atoms with Crippen LogP contribution in [0.1, 0.15) is 11.4 Å². The highest BCUT2D eigenvalue weighted by Gasteiger charge is 2.12. The van der Waals surface area contributed by atoms with Gasteiger partial charge in [-0.15, -0.1) is 0 Å². The lowest BCUT2D eigenvalue weighted by atomic mass is 10.3. The molecular formula is C13H19N5O. The van der Waals surface area contributed by atoms with Gasteiger partial charge in [-0.1, -0.05) is 0 Å². The summed E-state index contributed by atoms with van der Waals surface area (Å²) in [5.41, 5.74) is 3.94. The van der Waals surface area contributed by atoms with Crippen molar-refractivity contribution in [2.24, 2.45) is 0 Å². The van der Waals surface area contributed by atoms with E-state index in [4.69, 9.17) is 4.74 Å². The fraction of sp³-hybridized carbons (Fsp3) is 0.385. The molecule has 6 nitrogen and oxygen atoms in total. The fourth-order valence-corrected chi connectivity index (χ4v) is 1.86. The quantitative estimate of drug-likeness (QED) is 0.859. The van der Waals surface area contributed by atoms with Gasteiger partial charge in [-0.05, 0) is 13.0 Å². The Balaban J connectivity index is 2.25. The molecule has 0 amide bonds. The average molecular weight is 261 g/mol. The number of aryl methyl sites for hydroxylation is 1. The number of pyridine rings is 1. The monoisotopic (exact) mass is 261 g/mol. The van der Waals surface area contributed by atoms with Crippen LogP contribution in [-0.4, -0.2) is 36.2 Å². The van der Waals surface area contributed by atoms with E-state index in [0.29, 0.717) is 12.4 Å². The van der Waals surface area contributed by atoms with Crippen LogP contribution in [0.3, 0.4) is 0 Å². The summed E-state index contributed by atoms with van der Waals surface area (Å²) in [6.07, 6.45) is 3.43. The third-order valence-electron chi connectivity index (χ3n) is 2.94. The van der Waals surface area contributed by atoms with Gasteiger partial charge < -0.3 is 19.9 Å². The lowest BCUT2D eigenvalue weighted by molar-refractivity contribution is 0.400. The van der Waals surface area contributed by atoms with Crippen molar-refractivity contribution in [3.8, 4) is 5.88 Å². The van der Waals surface area contributed by atoms with Crippen molar-refractivity contribution in [2.45, 2.75) is 13.5 Å². The summed E-state index contributed by atoms with van der Waals surface area (Å²) in [5, 5.41) is 3.35. The van der Waals surface area contributed by atoms with Gasteiger partial charge in [0.05, 0.1) is 31.4 Å². The number of aromatic nitrogens is 3. The van der Waals surface area contributed by atoms with Gasteiger partial charge in [0.1, 0.15) is 5.69 Å². The van der Waals surface area contributed by atoms with Crippen LogP contribution in [0.5, 0.6) is 5.88 Å². The second-order valence-electron chi connectivity index (χ2n) is 4.44. The summed E-state index contributed by atoms with van der Waals surface area (Å²) >= 11 is 0. The van der Waals surface area contributed by atoms with Crippen LogP contribution in [0.25, 0.3) is 0 Å². The first kappa shape index (κ1) is 13.2. The molecule has 0 radical (unpaired) electrons. The number of nitrogens with zero attached hydrogens (tertiary/aromatic N) is 3. The van der Waals surface area contributed by atoms with Gasteiger partial charge in [0.15, 0.2) is 0 Å². The van der Waals surface area contributed by atoms with E-state index in [-0.39, 0.29) is 0 Å². The number of hydrogen-bond donors (Lipinski definition) is 2. The Morgan fingerprint density at radius 1 is 1.37 bits per heavy atom. The average Bonchev–Trinajstić information content (AvgIpc) is 2.81. The predicted molar refractivity (Wildman–Crippen MR) is 75.8 cm³/mol. The van der Waals surface area contributed by atoms with Crippen LogP contribution >= 0.6 is 0 Å². The second-order valence-corrected chi connectivity index (χ2v) is 4.44. The summed E-state index contributed by atoms with van der Waals surface area (Å²) in [6.45, 7) is 2.62. The first-order chi connectivity index (χ1) is 9.13. The van der Waals surface area contributed by atoms with E-state index < -0.39 is 0 Å². The fourth-order valence-electron chi connectivity index (χ4n) is 1.86. The van der Waals surface area contributed by atoms with Crippen molar-refractivity contribution >= 4 is 11.4 Å². The topological polar surface area (TPSA) is 66.1 Å². The van der Waals surface area contributed by atoms with E-state index in [2.05, 4.69) is 20.3 Å². The Kier molecular flexibility index (Phi) is 3.89. The van der Waals surface area contributed by atoms with Gasteiger partial charge in [0, 0.05) is 26.0 Å². The summed E-state index contributed by atoms with van der Waals surface area (Å²) in [5.74, 6) is 0.583. The van der Waals surface area contributed by atoms with E-state index in [9.17, 15) is 0 Å². The number of aromatic amines is 1. The minimum absolute atomic E-state index is 0.583. The van der Waals surface area contributed by atoms with Gasteiger partial charge in [-0.2, -0.15) is 0 Å². The van der Waals surface area contributed by atoms with Crippen LogP contribution < -0.4 is 15.0 Å². The Bertz CT molecular complexity index is 550. The lowest BCUT2D eigenvalue weighted by Gasteiger charge is -2.19. The highest BCUT2D eigenvalue weighted by Crippen LogP contribution is 2.32. The molecule has 0 aliphatic rings. The Morgan fingerprint density at radius 3 is 2.74 bits per heavy atom. The third-order valence-corrected chi connectivity index (χ3v) is 2.94. The number of anilines is 2. The molecule has 0 aromatic carbocycles. The van der Waals surface area contributed by atoms with Crippen molar-refractivity contribution in [3.05, 3.63) is 30.0 Å². The predicted octanol–water partition coefficient (Wildman–Crippen LogP) is 1.80. The van der Waals surface area contributed by atoms with E-state index in [1.807, 2.05) is 32.0 Å². The Labute approximate surface area is 112 Å². The first-order valence-corrected chi connectivity index (χ1v) is 6.06. The number of hydrogen-bond acceptors (Lipinski definition) is 5. The van der Waals surface area contributed by atoms with E-state index in [1.165, 1.54) is 0 Å². The van der Waals surface area contributed by atoms with E-state index >= 15 is 0 Å². The van der Waals surface area contributed by atoms with Gasteiger partial charge in [0.2, 0.25) is 5.88 Å². The minimum atomic E-state index is 0.583. The molecule has 0 aliphatic heterocycles. The molecule has 2 aromatic heterocycles. The zero-order valence-electron chi connectivity index (χ0n) is 11.7. The van der Waals surface area contributed by atoms with Gasteiger partial charge >= 0.3 is 0 Å². The lowest BCUT2D eigenvalue weighted by Crippen LogP contribution is -2.14. The Hall–Kier alpha value is -2.24. The molecule has 0 saturated heterocycles. The molecule has 6 heteroatoms. The van der Waals surface area contributed by atoms with Crippen molar-refractivity contribution in [1.82, 2.24) is 15.0 Å². The SMILES string of the molecule is COc1nccc(N(C)C)c1NCc1nc[nH]c1C. The van der Waals surface area contributed by atoms with Crippen LogP contribution in [0.2, 0.25) is 0 Å². The molecule has 2 N–H and O–H groups in total. The molecule has 102 valence electrons. The molecule has 0 bridgehead atoms. The molecule has 0 atom stereocenters. The normalized spacial score (nSPS) is 10.3. The first-order valence-electron chi connectivity index (χ1n) is 6.06. The number of methoxy groups -OCH3 is 1. The maximum atomic E-state index is 5.31. The summed E-state index contributed by atoms with van der Waals surface area (Å²) in [6, 6.07) is 1.95. The molecule has 2 heterocycles. The molecule has 2 aromatic rings. The molecule has 0 fully saturated rings. The van der Waals surface area contributed by atoms with Crippen LogP contribution in [-0.2, 0) is 6.54 Å².